The normalized spacial score (nSPS) is 19.8. The third-order valence-corrected chi connectivity index (χ3v) is 4.86. The summed E-state index contributed by atoms with van der Waals surface area (Å²) in [4.78, 5) is 5.00. The summed E-state index contributed by atoms with van der Waals surface area (Å²) in [6.45, 7) is 9.29. The highest BCUT2D eigenvalue weighted by Crippen LogP contribution is 2.26. The average Bonchev–Trinajstić information content (AvgIpc) is 2.46. The van der Waals surface area contributed by atoms with Crippen LogP contribution in [-0.4, -0.2) is 43.0 Å². The summed E-state index contributed by atoms with van der Waals surface area (Å²) in [5, 5.41) is 0. The van der Waals surface area contributed by atoms with Crippen LogP contribution >= 0.6 is 0 Å². The second-order valence-corrected chi connectivity index (χ2v) is 6.73. The predicted octanol–water partition coefficient (Wildman–Crippen LogP) is 3.90. The monoisotopic (exact) mass is 274 g/mol. The Bertz CT molecular complexity index is 400. The number of likely N-dealkylation sites (tertiary alicyclic amines) is 1. The lowest BCUT2D eigenvalue weighted by Gasteiger charge is -2.38. The minimum atomic E-state index is 0.541. The molecule has 0 bridgehead atoms. The smallest absolute Gasteiger partial charge is 0.0319 e. The van der Waals surface area contributed by atoms with Gasteiger partial charge in [-0.15, -0.1) is 0 Å². The van der Waals surface area contributed by atoms with E-state index in [0.29, 0.717) is 12.0 Å². The van der Waals surface area contributed by atoms with E-state index < -0.39 is 0 Å². The molecule has 1 aromatic rings. The van der Waals surface area contributed by atoms with Crippen molar-refractivity contribution >= 4 is 0 Å². The minimum absolute atomic E-state index is 0.541. The molecular weight excluding hydrogens is 244 g/mol. The molecule has 1 unspecified atom stereocenters. The number of piperidine rings is 1. The van der Waals surface area contributed by atoms with Gasteiger partial charge in [-0.1, -0.05) is 38.1 Å². The van der Waals surface area contributed by atoms with Crippen molar-refractivity contribution in [2.24, 2.45) is 0 Å². The lowest BCUT2D eigenvalue weighted by atomic mass is 9.97. The van der Waals surface area contributed by atoms with E-state index in [2.05, 4.69) is 68.9 Å². The molecule has 2 nitrogen and oxygen atoms in total. The summed E-state index contributed by atoms with van der Waals surface area (Å²) in [6.07, 6.45) is 2.59. The Morgan fingerprint density at radius 3 is 1.90 bits per heavy atom. The highest BCUT2D eigenvalue weighted by molar-refractivity contribution is 5.26. The molecule has 0 spiro atoms. The quantitative estimate of drug-likeness (QED) is 0.821. The van der Waals surface area contributed by atoms with Crippen molar-refractivity contribution in [1.29, 1.82) is 0 Å². The molecule has 1 heterocycles. The van der Waals surface area contributed by atoms with Gasteiger partial charge in [-0.3, -0.25) is 4.90 Å². The first-order valence-corrected chi connectivity index (χ1v) is 7.99. The Kier molecular flexibility index (Phi) is 5.22. The Hall–Kier alpha value is -0.860. The molecule has 1 aliphatic heterocycles. The van der Waals surface area contributed by atoms with Crippen molar-refractivity contribution in [3.05, 3.63) is 35.4 Å². The molecule has 0 amide bonds. The van der Waals surface area contributed by atoms with Gasteiger partial charge in [0, 0.05) is 25.2 Å². The van der Waals surface area contributed by atoms with Gasteiger partial charge in [0.05, 0.1) is 0 Å². The molecule has 1 fully saturated rings. The minimum Gasteiger partial charge on any atom is -0.306 e. The average molecular weight is 274 g/mol. The van der Waals surface area contributed by atoms with Crippen molar-refractivity contribution < 1.29 is 0 Å². The summed E-state index contributed by atoms with van der Waals surface area (Å²) in [7, 11) is 4.41. The number of benzene rings is 1. The standard InChI is InChI=1S/C18H30N2/c1-14(2)16-6-8-17(9-7-16)15(3)20-12-10-18(11-13-20)19(4)5/h6-9,14-15,18H,10-13H2,1-5H3. The van der Waals surface area contributed by atoms with Crippen molar-refractivity contribution in [3.8, 4) is 0 Å². The molecule has 0 radical (unpaired) electrons. The van der Waals surface area contributed by atoms with Crippen molar-refractivity contribution in [2.45, 2.75) is 51.6 Å². The van der Waals surface area contributed by atoms with Crippen LogP contribution in [0.3, 0.4) is 0 Å². The number of hydrogen-bond donors (Lipinski definition) is 0. The summed E-state index contributed by atoms with van der Waals surface area (Å²) < 4.78 is 0. The zero-order valence-electron chi connectivity index (χ0n) is 13.8. The molecule has 1 saturated heterocycles. The summed E-state index contributed by atoms with van der Waals surface area (Å²) in [5.74, 6) is 0.621. The van der Waals surface area contributed by atoms with E-state index in [1.54, 1.807) is 0 Å². The predicted molar refractivity (Wildman–Crippen MR) is 87.2 cm³/mol. The first-order chi connectivity index (χ1) is 9.49. The van der Waals surface area contributed by atoms with Gasteiger partial charge in [0.25, 0.3) is 0 Å². The largest absolute Gasteiger partial charge is 0.306 e. The molecule has 0 aliphatic carbocycles. The Balaban J connectivity index is 1.96. The van der Waals surface area contributed by atoms with Crippen LogP contribution in [-0.2, 0) is 0 Å². The van der Waals surface area contributed by atoms with Crippen molar-refractivity contribution in [2.75, 3.05) is 27.2 Å². The molecule has 2 heteroatoms. The SMILES string of the molecule is CC(C)c1ccc(C(C)N2CCC(N(C)C)CC2)cc1. The van der Waals surface area contributed by atoms with Gasteiger partial charge in [-0.25, -0.2) is 0 Å². The lowest BCUT2D eigenvalue weighted by molar-refractivity contribution is 0.115. The Labute approximate surface area is 124 Å². The van der Waals surface area contributed by atoms with Gasteiger partial charge in [-0.05, 0) is 50.9 Å². The van der Waals surface area contributed by atoms with Crippen LogP contribution in [0.5, 0.6) is 0 Å². The third-order valence-electron chi connectivity index (χ3n) is 4.86. The molecule has 112 valence electrons. The summed E-state index contributed by atoms with van der Waals surface area (Å²) in [5.41, 5.74) is 2.89. The summed E-state index contributed by atoms with van der Waals surface area (Å²) in [6, 6.07) is 10.5. The first kappa shape index (κ1) is 15.5. The van der Waals surface area contributed by atoms with E-state index in [-0.39, 0.29) is 0 Å². The van der Waals surface area contributed by atoms with Gasteiger partial charge in [0.15, 0.2) is 0 Å². The molecule has 1 atom stereocenters. The molecule has 0 N–H and O–H groups in total. The maximum Gasteiger partial charge on any atom is 0.0319 e. The third kappa shape index (κ3) is 3.62. The zero-order chi connectivity index (χ0) is 14.7. The maximum atomic E-state index is 2.63. The summed E-state index contributed by atoms with van der Waals surface area (Å²) >= 11 is 0. The van der Waals surface area contributed by atoms with E-state index in [0.717, 1.165) is 6.04 Å². The van der Waals surface area contributed by atoms with E-state index in [1.165, 1.54) is 37.1 Å². The number of hydrogen-bond acceptors (Lipinski definition) is 2. The van der Waals surface area contributed by atoms with Crippen LogP contribution in [0.25, 0.3) is 0 Å². The van der Waals surface area contributed by atoms with Crippen molar-refractivity contribution in [1.82, 2.24) is 9.80 Å². The molecule has 2 rings (SSSR count). The van der Waals surface area contributed by atoms with Crippen molar-refractivity contribution in [3.63, 3.8) is 0 Å². The fourth-order valence-corrected chi connectivity index (χ4v) is 3.16. The van der Waals surface area contributed by atoms with Gasteiger partial charge in [-0.2, -0.15) is 0 Å². The zero-order valence-corrected chi connectivity index (χ0v) is 13.8. The fraction of sp³-hybridized carbons (Fsp3) is 0.667. The molecule has 1 aromatic carbocycles. The molecule has 1 aliphatic rings. The van der Waals surface area contributed by atoms with E-state index in [9.17, 15) is 0 Å². The van der Waals surface area contributed by atoms with Gasteiger partial charge in [0.1, 0.15) is 0 Å². The van der Waals surface area contributed by atoms with Crippen LogP contribution in [0.15, 0.2) is 24.3 Å². The number of nitrogens with zero attached hydrogens (tertiary/aromatic N) is 2. The highest BCUT2D eigenvalue weighted by Gasteiger charge is 2.24. The lowest BCUT2D eigenvalue weighted by Crippen LogP contribution is -2.42. The second kappa shape index (κ2) is 6.73. The van der Waals surface area contributed by atoms with Gasteiger partial charge >= 0.3 is 0 Å². The molecule has 20 heavy (non-hydrogen) atoms. The molecular formula is C18H30N2. The molecule has 0 saturated carbocycles. The number of rotatable bonds is 4. The first-order valence-electron chi connectivity index (χ1n) is 7.99. The van der Waals surface area contributed by atoms with Gasteiger partial charge in [0.2, 0.25) is 0 Å². The van der Waals surface area contributed by atoms with Crippen LogP contribution in [0.2, 0.25) is 0 Å². The highest BCUT2D eigenvalue weighted by atomic mass is 15.2. The van der Waals surface area contributed by atoms with E-state index >= 15 is 0 Å². The van der Waals surface area contributed by atoms with Crippen LogP contribution in [0.1, 0.15) is 56.7 Å². The second-order valence-electron chi connectivity index (χ2n) is 6.73. The fourth-order valence-electron chi connectivity index (χ4n) is 3.16. The van der Waals surface area contributed by atoms with Crippen LogP contribution in [0.4, 0.5) is 0 Å². The Morgan fingerprint density at radius 1 is 0.950 bits per heavy atom. The Morgan fingerprint density at radius 2 is 1.45 bits per heavy atom. The van der Waals surface area contributed by atoms with Gasteiger partial charge < -0.3 is 4.90 Å². The van der Waals surface area contributed by atoms with E-state index in [4.69, 9.17) is 0 Å². The van der Waals surface area contributed by atoms with Crippen LogP contribution in [0, 0.1) is 0 Å². The van der Waals surface area contributed by atoms with E-state index in [1.807, 2.05) is 0 Å². The maximum absolute atomic E-state index is 2.63. The van der Waals surface area contributed by atoms with Crippen LogP contribution < -0.4 is 0 Å². The molecule has 0 aromatic heterocycles. The topological polar surface area (TPSA) is 6.48 Å².